The number of hydrogen-bond donors (Lipinski definition) is 2. The fourth-order valence-electron chi connectivity index (χ4n) is 3.16. The number of nitrogens with zero attached hydrogens (tertiary/aromatic N) is 1. The number of hydrogen-bond acceptors (Lipinski definition) is 4. The second-order valence-electron chi connectivity index (χ2n) is 5.87. The minimum atomic E-state index is -0.639. The largest absolute Gasteiger partial charge is 0.388 e. The molecule has 1 aliphatic carbocycles. The van der Waals surface area contributed by atoms with Crippen molar-refractivity contribution in [3.63, 3.8) is 0 Å². The van der Waals surface area contributed by atoms with Crippen LogP contribution in [0.3, 0.4) is 0 Å². The Hall–Kier alpha value is -2.61. The van der Waals surface area contributed by atoms with E-state index < -0.39 is 11.7 Å². The lowest BCUT2D eigenvalue weighted by Crippen LogP contribution is -2.24. The summed E-state index contributed by atoms with van der Waals surface area (Å²) >= 11 is 0. The number of hydroxylamine groups is 1. The molecule has 4 nitrogen and oxygen atoms in total. The van der Waals surface area contributed by atoms with Gasteiger partial charge in [-0.1, -0.05) is 30.3 Å². The molecule has 1 aromatic carbocycles. The highest BCUT2D eigenvalue weighted by Crippen LogP contribution is 2.48. The Morgan fingerprint density at radius 3 is 2.96 bits per heavy atom. The first-order valence-electron chi connectivity index (χ1n) is 7.56. The predicted octanol–water partition coefficient (Wildman–Crippen LogP) is 2.49. The molecule has 0 amide bonds. The van der Waals surface area contributed by atoms with Gasteiger partial charge in [0.2, 0.25) is 0 Å². The third-order valence-electron chi connectivity index (χ3n) is 4.21. The Morgan fingerprint density at radius 2 is 2.09 bits per heavy atom. The van der Waals surface area contributed by atoms with E-state index in [1.807, 2.05) is 55.5 Å². The predicted molar refractivity (Wildman–Crippen MR) is 85.9 cm³/mol. The molecule has 2 unspecified atom stereocenters. The number of nitrogens with one attached hydrogen (secondary N) is 1. The van der Waals surface area contributed by atoms with Gasteiger partial charge in [-0.15, -0.1) is 0 Å². The molecular formula is C19H16N2O2. The third-order valence-corrected chi connectivity index (χ3v) is 4.21. The topological polar surface area (TPSA) is 54.4 Å². The molecule has 2 aliphatic rings. The second-order valence-corrected chi connectivity index (χ2v) is 5.87. The molecule has 0 saturated carbocycles. The summed E-state index contributed by atoms with van der Waals surface area (Å²) in [5.41, 5.74) is 6.50. The number of aliphatic hydroxyl groups excluding tert-OH is 1. The van der Waals surface area contributed by atoms with Crippen LogP contribution in [0.5, 0.6) is 0 Å². The first-order chi connectivity index (χ1) is 11.2. The van der Waals surface area contributed by atoms with Crippen molar-refractivity contribution in [3.05, 3.63) is 76.8 Å². The van der Waals surface area contributed by atoms with Gasteiger partial charge >= 0.3 is 0 Å². The van der Waals surface area contributed by atoms with Crippen LogP contribution in [0.4, 0.5) is 0 Å². The van der Waals surface area contributed by atoms with Crippen LogP contribution in [-0.4, -0.2) is 10.1 Å². The second kappa shape index (κ2) is 5.24. The van der Waals surface area contributed by atoms with Gasteiger partial charge in [0, 0.05) is 12.1 Å². The molecule has 23 heavy (non-hydrogen) atoms. The smallest absolute Gasteiger partial charge is 0.145 e. The van der Waals surface area contributed by atoms with Crippen LogP contribution in [-0.2, 0) is 10.4 Å². The molecule has 4 heteroatoms. The monoisotopic (exact) mass is 304 g/mol. The minimum Gasteiger partial charge on any atom is -0.388 e. The lowest BCUT2D eigenvalue weighted by Gasteiger charge is -2.20. The molecule has 0 saturated heterocycles. The van der Waals surface area contributed by atoms with E-state index in [4.69, 9.17) is 4.84 Å². The maximum absolute atomic E-state index is 10.2. The summed E-state index contributed by atoms with van der Waals surface area (Å²) in [4.78, 5) is 10.2. The van der Waals surface area contributed by atoms with Crippen LogP contribution in [0.1, 0.15) is 35.0 Å². The number of aryl methyl sites for hydroxylation is 1. The van der Waals surface area contributed by atoms with E-state index in [0.717, 1.165) is 22.5 Å². The number of benzene rings is 1. The van der Waals surface area contributed by atoms with Crippen LogP contribution < -0.4 is 5.48 Å². The highest BCUT2D eigenvalue weighted by molar-refractivity contribution is 5.47. The summed E-state index contributed by atoms with van der Waals surface area (Å²) in [6.07, 6.45) is 1.92. The van der Waals surface area contributed by atoms with E-state index >= 15 is 0 Å². The molecule has 114 valence electrons. The van der Waals surface area contributed by atoms with Gasteiger partial charge in [0.05, 0.1) is 6.10 Å². The zero-order valence-corrected chi connectivity index (χ0v) is 12.7. The van der Waals surface area contributed by atoms with Crippen LogP contribution in [0.25, 0.3) is 0 Å². The Labute approximate surface area is 134 Å². The average molecular weight is 304 g/mol. The van der Waals surface area contributed by atoms with Crippen molar-refractivity contribution in [1.29, 1.82) is 0 Å². The quantitative estimate of drug-likeness (QED) is 0.734. The number of allylic oxidation sites excluding steroid dienone is 1. The maximum atomic E-state index is 10.2. The van der Waals surface area contributed by atoms with Gasteiger partial charge in [-0.05, 0) is 48.1 Å². The molecule has 1 aliphatic heterocycles. The summed E-state index contributed by atoms with van der Waals surface area (Å²) in [6.45, 7) is 1.94. The SMILES string of the molecule is Cc1cccc(C#CC2=CC3(CC(O)c4ccccc43)ON2)n1. The highest BCUT2D eigenvalue weighted by atomic mass is 16.7. The lowest BCUT2D eigenvalue weighted by molar-refractivity contribution is -0.0564. The fraction of sp³-hybridized carbons (Fsp3) is 0.211. The molecule has 2 heterocycles. The number of aliphatic hydroxyl groups is 1. The van der Waals surface area contributed by atoms with Gasteiger partial charge in [-0.2, -0.15) is 0 Å². The van der Waals surface area contributed by atoms with Crippen molar-refractivity contribution in [3.8, 4) is 11.8 Å². The Balaban J connectivity index is 1.66. The maximum Gasteiger partial charge on any atom is 0.145 e. The molecule has 1 spiro atoms. The number of rotatable bonds is 0. The Bertz CT molecular complexity index is 863. The number of pyridine rings is 1. The van der Waals surface area contributed by atoms with E-state index in [0.29, 0.717) is 12.1 Å². The van der Waals surface area contributed by atoms with Crippen LogP contribution >= 0.6 is 0 Å². The molecule has 4 rings (SSSR count). The first-order valence-corrected chi connectivity index (χ1v) is 7.56. The number of fused-ring (bicyclic) bond motifs is 2. The zero-order chi connectivity index (χ0) is 15.9. The van der Waals surface area contributed by atoms with Crippen molar-refractivity contribution in [1.82, 2.24) is 10.5 Å². The van der Waals surface area contributed by atoms with Crippen molar-refractivity contribution in [2.24, 2.45) is 0 Å². The standard InChI is InChI=1S/C19H16N2O2/c1-13-5-4-6-14(20-13)9-10-15-11-19(23-21-15)12-18(22)16-7-2-3-8-17(16)19/h2-8,11,18,21-22H,12H2,1H3. The molecule has 0 fully saturated rings. The van der Waals surface area contributed by atoms with Gasteiger partial charge in [0.1, 0.15) is 17.0 Å². The summed E-state index contributed by atoms with van der Waals surface area (Å²) in [5, 5.41) is 10.2. The van der Waals surface area contributed by atoms with Crippen molar-refractivity contribution in [2.45, 2.75) is 25.0 Å². The van der Waals surface area contributed by atoms with E-state index in [2.05, 4.69) is 22.3 Å². The normalized spacial score (nSPS) is 24.6. The molecule has 2 aromatic rings. The van der Waals surface area contributed by atoms with Crippen molar-refractivity contribution in [2.75, 3.05) is 0 Å². The van der Waals surface area contributed by atoms with E-state index in [-0.39, 0.29) is 0 Å². The van der Waals surface area contributed by atoms with E-state index in [1.54, 1.807) is 0 Å². The van der Waals surface area contributed by atoms with Crippen molar-refractivity contribution < 1.29 is 9.94 Å². The van der Waals surface area contributed by atoms with Crippen LogP contribution in [0.2, 0.25) is 0 Å². The summed E-state index contributed by atoms with van der Waals surface area (Å²) in [5.74, 6) is 6.09. The molecule has 0 bridgehead atoms. The third kappa shape index (κ3) is 2.40. The van der Waals surface area contributed by atoms with Gasteiger partial charge in [0.25, 0.3) is 0 Å². The molecule has 2 N–H and O–H groups in total. The van der Waals surface area contributed by atoms with Gasteiger partial charge in [0.15, 0.2) is 0 Å². The number of aromatic nitrogens is 1. The summed E-state index contributed by atoms with van der Waals surface area (Å²) < 4.78 is 0. The van der Waals surface area contributed by atoms with Crippen LogP contribution in [0, 0.1) is 18.8 Å². The summed E-state index contributed by atoms with van der Waals surface area (Å²) in [6, 6.07) is 13.6. The van der Waals surface area contributed by atoms with Crippen LogP contribution in [0.15, 0.2) is 54.2 Å². The average Bonchev–Trinajstić information content (AvgIpc) is 3.09. The van der Waals surface area contributed by atoms with E-state index in [9.17, 15) is 5.11 Å². The summed E-state index contributed by atoms with van der Waals surface area (Å²) in [7, 11) is 0. The fourth-order valence-corrected chi connectivity index (χ4v) is 3.16. The Morgan fingerprint density at radius 1 is 1.22 bits per heavy atom. The van der Waals surface area contributed by atoms with E-state index in [1.165, 1.54) is 0 Å². The lowest BCUT2D eigenvalue weighted by atomic mass is 9.95. The molecule has 2 atom stereocenters. The van der Waals surface area contributed by atoms with Crippen molar-refractivity contribution >= 4 is 0 Å². The zero-order valence-electron chi connectivity index (χ0n) is 12.7. The Kier molecular flexibility index (Phi) is 3.19. The van der Waals surface area contributed by atoms with Gasteiger partial charge in [-0.25, -0.2) is 4.98 Å². The van der Waals surface area contributed by atoms with Gasteiger partial charge < -0.3 is 5.11 Å². The van der Waals surface area contributed by atoms with Gasteiger partial charge in [-0.3, -0.25) is 10.3 Å². The molecule has 0 radical (unpaired) electrons. The highest BCUT2D eigenvalue weighted by Gasteiger charge is 2.46. The minimum absolute atomic E-state index is 0.493. The first kappa shape index (κ1) is 14.0. The molecule has 1 aromatic heterocycles. The molecular weight excluding hydrogens is 288 g/mol.